The number of ether oxygens (including phenoxy) is 1. The third-order valence-electron chi connectivity index (χ3n) is 2.97. The number of rotatable bonds is 2. The summed E-state index contributed by atoms with van der Waals surface area (Å²) in [5.41, 5.74) is 5.70. The van der Waals surface area contributed by atoms with Gasteiger partial charge in [-0.25, -0.2) is 4.39 Å². The van der Waals surface area contributed by atoms with E-state index in [1.807, 2.05) is 0 Å². The highest BCUT2D eigenvalue weighted by molar-refractivity contribution is 9.10. The molecule has 1 aliphatic rings. The van der Waals surface area contributed by atoms with Crippen molar-refractivity contribution >= 4 is 50.9 Å². The first kappa shape index (κ1) is 18.1. The summed E-state index contributed by atoms with van der Waals surface area (Å²) in [4.78, 5) is 12.6. The molecule has 0 aliphatic carbocycles. The average molecular weight is 420 g/mol. The minimum absolute atomic E-state index is 0.127. The molecule has 2 aromatic rings. The second-order valence-electron chi connectivity index (χ2n) is 4.26. The summed E-state index contributed by atoms with van der Waals surface area (Å²) < 4.78 is 22.5. The zero-order valence-electron chi connectivity index (χ0n) is 12.0. The van der Waals surface area contributed by atoms with Crippen LogP contribution in [-0.2, 0) is 0 Å². The fraction of sp³-hybridized carbons (Fsp3) is 0.133. The fourth-order valence-corrected chi connectivity index (χ4v) is 3.49. The topological polar surface area (TPSA) is 64.4 Å². The van der Waals surface area contributed by atoms with Crippen LogP contribution in [0.3, 0.4) is 0 Å². The number of carbonyl (C=O) groups is 1. The molecule has 2 aromatic carbocycles. The molecule has 0 bridgehead atoms. The maximum Gasteiger partial charge on any atom is 0.195 e. The highest BCUT2D eigenvalue weighted by atomic mass is 79.9. The molecule has 8 heteroatoms. The largest absolute Gasteiger partial charge is 0.479 e. The normalized spacial score (nSPS) is 12.2. The first-order valence-corrected chi connectivity index (χ1v) is 8.64. The molecule has 0 fully saturated rings. The second-order valence-corrected chi connectivity index (χ2v) is 6.19. The molecule has 0 spiro atoms. The van der Waals surface area contributed by atoms with E-state index in [1.54, 1.807) is 12.1 Å². The Bertz CT molecular complexity index is 746. The van der Waals surface area contributed by atoms with Crippen molar-refractivity contribution in [1.29, 1.82) is 0 Å². The van der Waals surface area contributed by atoms with Crippen LogP contribution in [0, 0.1) is 5.82 Å². The monoisotopic (exact) mass is 418 g/mol. The molecule has 0 saturated carbocycles. The lowest BCUT2D eigenvalue weighted by molar-refractivity contribution is 0.103. The van der Waals surface area contributed by atoms with Crippen LogP contribution in [-0.4, -0.2) is 18.8 Å². The van der Waals surface area contributed by atoms with Crippen LogP contribution in [0.4, 0.5) is 10.1 Å². The Kier molecular flexibility index (Phi) is 6.29. The fourth-order valence-electron chi connectivity index (χ4n) is 1.96. The molecular weight excluding hydrogens is 407 g/mol. The molecule has 0 unspecified atom stereocenters. The van der Waals surface area contributed by atoms with Crippen molar-refractivity contribution in [3.63, 3.8) is 0 Å². The average Bonchev–Trinajstić information content (AvgIpc) is 2.59. The minimum Gasteiger partial charge on any atom is -0.479 e. The summed E-state index contributed by atoms with van der Waals surface area (Å²) in [5.74, 6) is 0.283. The first-order valence-electron chi connectivity index (χ1n) is 6.48. The number of benzene rings is 2. The van der Waals surface area contributed by atoms with Gasteiger partial charge < -0.3 is 15.2 Å². The van der Waals surface area contributed by atoms with Crippen molar-refractivity contribution in [2.45, 2.75) is 0 Å². The van der Waals surface area contributed by atoms with Crippen molar-refractivity contribution in [2.24, 2.45) is 5.73 Å². The Balaban J connectivity index is 0.000000924. The van der Waals surface area contributed by atoms with Crippen LogP contribution in [0.25, 0.3) is 0 Å². The molecule has 4 nitrogen and oxygen atoms in total. The molecule has 3 rings (SSSR count). The first-order chi connectivity index (χ1) is 11.1. The van der Waals surface area contributed by atoms with E-state index >= 15 is 0 Å². The van der Waals surface area contributed by atoms with Crippen molar-refractivity contribution in [2.75, 3.05) is 17.7 Å². The summed E-state index contributed by atoms with van der Waals surface area (Å²) in [6, 6.07) is 7.05. The van der Waals surface area contributed by atoms with Crippen LogP contribution in [0.2, 0.25) is 5.02 Å². The lowest BCUT2D eigenvalue weighted by atomic mass is 10.0. The summed E-state index contributed by atoms with van der Waals surface area (Å²) >= 11 is 10.8. The zero-order valence-corrected chi connectivity index (χ0v) is 15.2. The molecule has 0 saturated heterocycles. The van der Waals surface area contributed by atoms with Gasteiger partial charge >= 0.3 is 0 Å². The van der Waals surface area contributed by atoms with Crippen LogP contribution in [0.5, 0.6) is 5.75 Å². The third-order valence-corrected chi connectivity index (χ3v) is 4.71. The number of hydrogen-bond acceptors (Lipinski definition) is 5. The summed E-state index contributed by atoms with van der Waals surface area (Å²) in [5, 5.41) is 0.213. The van der Waals surface area contributed by atoms with E-state index in [1.165, 1.54) is 31.1 Å². The van der Waals surface area contributed by atoms with E-state index in [2.05, 4.69) is 26.4 Å². The number of hydrogen-bond donors (Lipinski definition) is 2. The Morgan fingerprint density at radius 3 is 2.83 bits per heavy atom. The van der Waals surface area contributed by atoms with E-state index < -0.39 is 5.82 Å². The van der Waals surface area contributed by atoms with Crippen LogP contribution < -0.4 is 15.2 Å². The summed E-state index contributed by atoms with van der Waals surface area (Å²) in [6.45, 7) is 0. The second kappa shape index (κ2) is 8.01. The Hall–Kier alpha value is -1.28. The minimum atomic E-state index is -0.506. The molecule has 0 radical (unpaired) electrons. The van der Waals surface area contributed by atoms with E-state index in [0.717, 1.165) is 6.07 Å². The SMILES string of the molecule is CN.O=C(c1cc(F)ccc1Cl)c1ccc2c(c1Br)NSCO2. The highest BCUT2D eigenvalue weighted by Crippen LogP contribution is 2.41. The van der Waals surface area contributed by atoms with Crippen LogP contribution >= 0.6 is 39.5 Å². The van der Waals surface area contributed by atoms with Gasteiger partial charge in [-0.15, -0.1) is 0 Å². The van der Waals surface area contributed by atoms with Gasteiger partial charge in [0.25, 0.3) is 0 Å². The van der Waals surface area contributed by atoms with Gasteiger partial charge in [0.2, 0.25) is 0 Å². The maximum absolute atomic E-state index is 13.3. The third kappa shape index (κ3) is 3.80. The van der Waals surface area contributed by atoms with E-state index in [0.29, 0.717) is 27.4 Å². The molecule has 23 heavy (non-hydrogen) atoms. The van der Waals surface area contributed by atoms with E-state index in [9.17, 15) is 9.18 Å². The molecule has 0 atom stereocenters. The maximum atomic E-state index is 13.3. The van der Waals surface area contributed by atoms with Crippen molar-refractivity contribution in [3.05, 3.63) is 56.8 Å². The Morgan fingerprint density at radius 1 is 1.35 bits per heavy atom. The van der Waals surface area contributed by atoms with Gasteiger partial charge in [0.15, 0.2) is 11.7 Å². The van der Waals surface area contributed by atoms with Gasteiger partial charge in [-0.05, 0) is 65.3 Å². The predicted molar refractivity (Wildman–Crippen MR) is 95.8 cm³/mol. The quantitative estimate of drug-likeness (QED) is 0.556. The predicted octanol–water partition coefficient (Wildman–Crippen LogP) is 4.46. The van der Waals surface area contributed by atoms with Gasteiger partial charge in [0.1, 0.15) is 17.3 Å². The van der Waals surface area contributed by atoms with Gasteiger partial charge in [0.05, 0.1) is 9.50 Å². The zero-order chi connectivity index (χ0) is 17.0. The van der Waals surface area contributed by atoms with Gasteiger partial charge in [0, 0.05) is 11.1 Å². The van der Waals surface area contributed by atoms with E-state index in [4.69, 9.17) is 16.3 Å². The van der Waals surface area contributed by atoms with Crippen LogP contribution in [0.1, 0.15) is 15.9 Å². The number of fused-ring (bicyclic) bond motifs is 1. The number of ketones is 1. The van der Waals surface area contributed by atoms with Crippen molar-refractivity contribution in [3.8, 4) is 5.75 Å². The van der Waals surface area contributed by atoms with Gasteiger partial charge in [-0.3, -0.25) is 4.79 Å². The van der Waals surface area contributed by atoms with Crippen LogP contribution in [0.15, 0.2) is 34.8 Å². The van der Waals surface area contributed by atoms with Crippen molar-refractivity contribution < 1.29 is 13.9 Å². The number of carbonyl (C=O) groups excluding carboxylic acids is 1. The smallest absolute Gasteiger partial charge is 0.195 e. The standard InChI is InChI=1S/C14H8BrClFNO2S.CH5N/c15-12-8(2-4-11-13(12)18-21-6-20-11)14(19)9-5-7(17)1-3-10(9)16;1-2/h1-5,18H,6H2;2H2,1H3. The van der Waals surface area contributed by atoms with Crippen molar-refractivity contribution in [1.82, 2.24) is 0 Å². The Labute approximate surface area is 150 Å². The molecule has 0 amide bonds. The molecular formula is C15H13BrClFN2O2S. The molecule has 1 heterocycles. The summed E-state index contributed by atoms with van der Waals surface area (Å²) in [7, 11) is 1.50. The molecule has 122 valence electrons. The lowest BCUT2D eigenvalue weighted by Gasteiger charge is -2.20. The summed E-state index contributed by atoms with van der Waals surface area (Å²) in [6.07, 6.45) is 0. The molecule has 0 aromatic heterocycles. The number of halogens is 3. The Morgan fingerprint density at radius 2 is 2.09 bits per heavy atom. The number of anilines is 1. The van der Waals surface area contributed by atoms with Gasteiger partial charge in [-0.1, -0.05) is 11.6 Å². The molecule has 3 N–H and O–H groups in total. The lowest BCUT2D eigenvalue weighted by Crippen LogP contribution is -2.10. The van der Waals surface area contributed by atoms with Gasteiger partial charge in [-0.2, -0.15) is 0 Å². The molecule has 1 aliphatic heterocycles. The number of nitrogens with two attached hydrogens (primary N) is 1. The van der Waals surface area contributed by atoms with E-state index in [-0.39, 0.29) is 16.4 Å². The highest BCUT2D eigenvalue weighted by Gasteiger charge is 2.22. The number of nitrogens with one attached hydrogen (secondary N) is 1.